The van der Waals surface area contributed by atoms with Crippen LogP contribution in [0.1, 0.15) is 18.2 Å². The van der Waals surface area contributed by atoms with Crippen LogP contribution in [-0.4, -0.2) is 38.5 Å². The zero-order valence-electron chi connectivity index (χ0n) is 13.8. The number of hydrogen-bond acceptors (Lipinski definition) is 6. The fourth-order valence-electron chi connectivity index (χ4n) is 2.99. The van der Waals surface area contributed by atoms with Gasteiger partial charge in [0.05, 0.1) is 12.3 Å². The van der Waals surface area contributed by atoms with Gasteiger partial charge in [-0.3, -0.25) is 4.79 Å². The molecular weight excluding hydrogens is 362 g/mol. The smallest absolute Gasteiger partial charge is 0.280 e. The summed E-state index contributed by atoms with van der Waals surface area (Å²) in [7, 11) is -2.45. The van der Waals surface area contributed by atoms with E-state index in [0.29, 0.717) is 22.9 Å². The summed E-state index contributed by atoms with van der Waals surface area (Å²) in [6, 6.07) is 6.84. The lowest BCUT2D eigenvalue weighted by Gasteiger charge is -2.35. The molecule has 0 spiro atoms. The molecule has 9 nitrogen and oxygen atoms in total. The minimum absolute atomic E-state index is 0.132. The summed E-state index contributed by atoms with van der Waals surface area (Å²) in [5.41, 5.74) is 0.498. The van der Waals surface area contributed by atoms with Crippen molar-refractivity contribution in [2.24, 2.45) is 0 Å². The van der Waals surface area contributed by atoms with Crippen molar-refractivity contribution in [3.8, 4) is 11.5 Å². The van der Waals surface area contributed by atoms with Gasteiger partial charge in [-0.25, -0.2) is 0 Å². The van der Waals surface area contributed by atoms with Crippen molar-refractivity contribution in [3.63, 3.8) is 0 Å². The van der Waals surface area contributed by atoms with Crippen LogP contribution in [0.2, 0.25) is 0 Å². The van der Waals surface area contributed by atoms with Crippen LogP contribution in [0.5, 0.6) is 11.5 Å². The van der Waals surface area contributed by atoms with E-state index in [-0.39, 0.29) is 13.2 Å². The molecule has 2 aromatic rings. The molecule has 2 aliphatic heterocycles. The molecule has 1 saturated heterocycles. The number of rotatable bonds is 3. The first-order valence-electron chi connectivity index (χ1n) is 7.93. The van der Waals surface area contributed by atoms with E-state index >= 15 is 0 Å². The minimum Gasteiger partial charge on any atom is -0.468 e. The average Bonchev–Trinajstić information content (AvgIpc) is 3.27. The Balaban J connectivity index is 1.55. The van der Waals surface area contributed by atoms with Crippen molar-refractivity contribution < 1.29 is 27.1 Å². The van der Waals surface area contributed by atoms with E-state index < -0.39 is 28.2 Å². The summed E-state index contributed by atoms with van der Waals surface area (Å²) in [6.07, 6.45) is 1.70. The van der Waals surface area contributed by atoms with Gasteiger partial charge >= 0.3 is 0 Å². The van der Waals surface area contributed by atoms with E-state index in [0.717, 1.165) is 4.31 Å². The number of hydrogen-bond donors (Lipinski definition) is 2. The zero-order valence-corrected chi connectivity index (χ0v) is 14.7. The number of amides is 1. The van der Waals surface area contributed by atoms with Crippen molar-refractivity contribution in [1.82, 2.24) is 9.03 Å². The van der Waals surface area contributed by atoms with Gasteiger partial charge < -0.3 is 19.2 Å². The lowest BCUT2D eigenvalue weighted by atomic mass is 10.0. The van der Waals surface area contributed by atoms with Crippen LogP contribution in [0.25, 0.3) is 0 Å². The van der Waals surface area contributed by atoms with Crippen LogP contribution in [0, 0.1) is 0 Å². The van der Waals surface area contributed by atoms with Gasteiger partial charge in [-0.15, -0.1) is 0 Å². The number of anilines is 1. The van der Waals surface area contributed by atoms with Crippen LogP contribution in [0.4, 0.5) is 5.69 Å². The second-order valence-electron chi connectivity index (χ2n) is 6.02. The maximum Gasteiger partial charge on any atom is 0.280 e. The normalized spacial score (nSPS) is 24.3. The highest BCUT2D eigenvalue weighted by Gasteiger charge is 2.41. The van der Waals surface area contributed by atoms with Crippen LogP contribution < -0.4 is 19.5 Å². The molecule has 0 radical (unpaired) electrons. The molecule has 1 amide bonds. The highest BCUT2D eigenvalue weighted by molar-refractivity contribution is 7.87. The first kappa shape index (κ1) is 16.9. The Hall–Kier alpha value is -2.56. The van der Waals surface area contributed by atoms with Gasteiger partial charge in [-0.2, -0.15) is 17.4 Å². The van der Waals surface area contributed by atoms with Crippen molar-refractivity contribution in [3.05, 3.63) is 42.4 Å². The highest BCUT2D eigenvalue weighted by atomic mass is 32.2. The lowest BCUT2D eigenvalue weighted by molar-refractivity contribution is -0.120. The van der Waals surface area contributed by atoms with Crippen molar-refractivity contribution in [2.45, 2.75) is 18.5 Å². The van der Waals surface area contributed by atoms with Crippen molar-refractivity contribution in [2.75, 3.05) is 19.2 Å². The number of benzene rings is 1. The molecule has 0 aliphatic carbocycles. The van der Waals surface area contributed by atoms with Gasteiger partial charge in [0, 0.05) is 18.8 Å². The van der Waals surface area contributed by atoms with Crippen molar-refractivity contribution >= 4 is 21.8 Å². The Labute approximate surface area is 150 Å². The predicted molar refractivity (Wildman–Crippen MR) is 90.9 cm³/mol. The summed E-state index contributed by atoms with van der Waals surface area (Å²) >= 11 is 0. The van der Waals surface area contributed by atoms with E-state index in [1.807, 2.05) is 0 Å². The molecular formula is C16H17N3O6S. The SMILES string of the molecule is CN1[C@@H](C(=O)Nc2ccc3c(c2)OCO3)C[C@@H](c2ccco2)NS1(=O)=O. The number of furan rings is 1. The monoisotopic (exact) mass is 379 g/mol. The quantitative estimate of drug-likeness (QED) is 0.830. The molecule has 138 valence electrons. The molecule has 3 heterocycles. The molecule has 2 N–H and O–H groups in total. The average molecular weight is 379 g/mol. The molecule has 2 aliphatic rings. The Morgan fingerprint density at radius 3 is 2.85 bits per heavy atom. The van der Waals surface area contributed by atoms with Gasteiger partial charge in [-0.05, 0) is 30.7 Å². The summed E-state index contributed by atoms with van der Waals surface area (Å²) < 4.78 is 44.1. The molecule has 26 heavy (non-hydrogen) atoms. The fraction of sp³-hybridized carbons (Fsp3) is 0.312. The number of carbonyl (C=O) groups is 1. The summed E-state index contributed by atoms with van der Waals surface area (Å²) in [5.74, 6) is 1.15. The second kappa shape index (κ2) is 6.31. The van der Waals surface area contributed by atoms with Gasteiger partial charge in [0.25, 0.3) is 10.2 Å². The number of nitrogens with one attached hydrogen (secondary N) is 2. The maximum absolute atomic E-state index is 12.7. The second-order valence-corrected chi connectivity index (χ2v) is 7.78. The van der Waals surface area contributed by atoms with E-state index in [2.05, 4.69) is 10.0 Å². The van der Waals surface area contributed by atoms with E-state index in [4.69, 9.17) is 13.9 Å². The van der Waals surface area contributed by atoms with Gasteiger partial charge in [0.15, 0.2) is 11.5 Å². The maximum atomic E-state index is 12.7. The van der Waals surface area contributed by atoms with E-state index in [1.165, 1.54) is 13.3 Å². The molecule has 4 rings (SSSR count). The number of fused-ring (bicyclic) bond motifs is 1. The summed E-state index contributed by atoms with van der Waals surface area (Å²) in [4.78, 5) is 12.7. The third-order valence-corrected chi connectivity index (χ3v) is 5.99. The number of likely N-dealkylation sites (N-methyl/N-ethyl adjacent to an activating group) is 1. The Kier molecular flexibility index (Phi) is 4.10. The molecule has 2 atom stereocenters. The lowest BCUT2D eigenvalue weighted by Crippen LogP contribution is -2.55. The summed E-state index contributed by atoms with van der Waals surface area (Å²) in [6.45, 7) is 0.132. The number of ether oxygens (including phenoxy) is 2. The van der Waals surface area contributed by atoms with Crippen LogP contribution >= 0.6 is 0 Å². The molecule has 0 saturated carbocycles. The third kappa shape index (κ3) is 3.02. The van der Waals surface area contributed by atoms with Crippen molar-refractivity contribution in [1.29, 1.82) is 0 Å². The standard InChI is InChI=1S/C16H17N3O6S/c1-19-12(8-11(18-26(19,21)22)13-3-2-6-23-13)16(20)17-10-4-5-14-15(7-10)25-9-24-14/h2-7,11-12,18H,8-9H2,1H3,(H,17,20)/t11-,12+/m0/s1. The van der Waals surface area contributed by atoms with Crippen LogP contribution in [-0.2, 0) is 15.0 Å². The van der Waals surface area contributed by atoms with Gasteiger partial charge in [-0.1, -0.05) is 0 Å². The van der Waals surface area contributed by atoms with E-state index in [1.54, 1.807) is 30.3 Å². The molecule has 1 aromatic heterocycles. The minimum atomic E-state index is -3.81. The molecule has 10 heteroatoms. The Bertz CT molecular complexity index is 927. The number of carbonyl (C=O) groups excluding carboxylic acids is 1. The Morgan fingerprint density at radius 2 is 2.08 bits per heavy atom. The van der Waals surface area contributed by atoms with E-state index in [9.17, 15) is 13.2 Å². The molecule has 0 unspecified atom stereocenters. The molecule has 0 bridgehead atoms. The Morgan fingerprint density at radius 1 is 1.27 bits per heavy atom. The largest absolute Gasteiger partial charge is 0.468 e. The zero-order chi connectivity index (χ0) is 18.3. The fourth-order valence-corrected chi connectivity index (χ4v) is 4.24. The summed E-state index contributed by atoms with van der Waals surface area (Å²) in [5, 5.41) is 2.74. The van der Waals surface area contributed by atoms with Crippen LogP contribution in [0.3, 0.4) is 0 Å². The molecule has 1 fully saturated rings. The highest BCUT2D eigenvalue weighted by Crippen LogP contribution is 2.35. The van der Waals surface area contributed by atoms with Gasteiger partial charge in [0.2, 0.25) is 12.7 Å². The predicted octanol–water partition coefficient (Wildman–Crippen LogP) is 1.23. The number of nitrogens with zero attached hydrogens (tertiary/aromatic N) is 1. The first-order chi connectivity index (χ1) is 12.4. The molecule has 1 aromatic carbocycles. The van der Waals surface area contributed by atoms with Gasteiger partial charge in [0.1, 0.15) is 11.8 Å². The first-order valence-corrected chi connectivity index (χ1v) is 9.37. The van der Waals surface area contributed by atoms with Crippen LogP contribution in [0.15, 0.2) is 41.0 Å². The third-order valence-electron chi connectivity index (χ3n) is 4.40. The topological polar surface area (TPSA) is 110 Å².